The van der Waals surface area contributed by atoms with Crippen molar-refractivity contribution in [2.75, 3.05) is 25.0 Å². The molecule has 2 amide bonds. The highest BCUT2D eigenvalue weighted by Gasteiger charge is 2.11. The van der Waals surface area contributed by atoms with Gasteiger partial charge in [-0.25, -0.2) is 4.79 Å². The number of nitrogens with one attached hydrogen (secondary N) is 1. The van der Waals surface area contributed by atoms with Crippen LogP contribution in [0.3, 0.4) is 0 Å². The summed E-state index contributed by atoms with van der Waals surface area (Å²) in [5, 5.41) is 11.7. The summed E-state index contributed by atoms with van der Waals surface area (Å²) in [7, 11) is 0. The van der Waals surface area contributed by atoms with Crippen LogP contribution < -0.4 is 5.32 Å². The molecule has 0 aromatic heterocycles. The quantitative estimate of drug-likeness (QED) is 0.821. The Bertz CT molecular complexity index is 435. The predicted octanol–water partition coefficient (Wildman–Crippen LogP) is 2.77. The minimum atomic E-state index is -0.245. The van der Waals surface area contributed by atoms with Crippen molar-refractivity contribution < 1.29 is 9.90 Å². The van der Waals surface area contributed by atoms with E-state index in [9.17, 15) is 4.79 Å². The Balaban J connectivity index is 2.72. The van der Waals surface area contributed by atoms with Crippen LogP contribution >= 0.6 is 15.9 Å². The lowest BCUT2D eigenvalue weighted by atomic mass is 10.2. The van der Waals surface area contributed by atoms with E-state index in [0.717, 1.165) is 15.7 Å². The number of amides is 2. The summed E-state index contributed by atoms with van der Waals surface area (Å²) in [5.41, 5.74) is 1.78. The first-order valence-electron chi connectivity index (χ1n) is 5.62. The summed E-state index contributed by atoms with van der Waals surface area (Å²) in [4.78, 5) is 13.4. The fourth-order valence-corrected chi connectivity index (χ4v) is 1.72. The van der Waals surface area contributed by atoms with E-state index in [1.807, 2.05) is 25.1 Å². The molecule has 0 heterocycles. The van der Waals surface area contributed by atoms with Gasteiger partial charge in [0.05, 0.1) is 6.61 Å². The maximum Gasteiger partial charge on any atom is 0.322 e. The summed E-state index contributed by atoms with van der Waals surface area (Å²) in [5.74, 6) is 0. The highest BCUT2D eigenvalue weighted by atomic mass is 79.9. The smallest absolute Gasteiger partial charge is 0.322 e. The molecule has 0 bridgehead atoms. The monoisotopic (exact) mass is 312 g/mol. The number of anilines is 1. The molecular weight excluding hydrogens is 296 g/mol. The average Bonchev–Trinajstić information content (AvgIpc) is 2.33. The minimum absolute atomic E-state index is 0.0688. The van der Waals surface area contributed by atoms with Crippen LogP contribution in [0.4, 0.5) is 10.5 Å². The van der Waals surface area contributed by atoms with Crippen LogP contribution in [0.25, 0.3) is 0 Å². The third kappa shape index (κ3) is 4.16. The number of carbonyl (C=O) groups excluding carboxylic acids is 1. The maximum atomic E-state index is 11.9. The van der Waals surface area contributed by atoms with E-state index in [4.69, 9.17) is 5.11 Å². The van der Waals surface area contributed by atoms with Gasteiger partial charge >= 0.3 is 6.03 Å². The molecule has 1 aromatic rings. The second-order valence-corrected chi connectivity index (χ2v) is 4.71. The Kier molecular flexibility index (Phi) is 5.88. The van der Waals surface area contributed by atoms with Crippen LogP contribution in [0, 0.1) is 6.92 Å². The molecule has 4 nitrogen and oxygen atoms in total. The summed E-state index contributed by atoms with van der Waals surface area (Å²) in [6, 6.07) is 5.34. The van der Waals surface area contributed by atoms with Gasteiger partial charge < -0.3 is 15.3 Å². The normalized spacial score (nSPS) is 9.94. The topological polar surface area (TPSA) is 52.6 Å². The largest absolute Gasteiger partial charge is 0.395 e. The second-order valence-electron chi connectivity index (χ2n) is 3.85. The van der Waals surface area contributed by atoms with Gasteiger partial charge in [0.1, 0.15) is 0 Å². The van der Waals surface area contributed by atoms with Crippen LogP contribution in [-0.4, -0.2) is 35.7 Å². The number of aliphatic hydroxyl groups is 1. The first kappa shape index (κ1) is 14.7. The van der Waals surface area contributed by atoms with E-state index in [2.05, 4.69) is 27.8 Å². The van der Waals surface area contributed by atoms with Gasteiger partial charge in [-0.05, 0) is 30.7 Å². The Morgan fingerprint density at radius 1 is 1.61 bits per heavy atom. The number of hydrogen-bond donors (Lipinski definition) is 2. The Morgan fingerprint density at radius 3 is 2.89 bits per heavy atom. The molecule has 2 N–H and O–H groups in total. The molecule has 0 saturated heterocycles. The average molecular weight is 313 g/mol. The zero-order valence-corrected chi connectivity index (χ0v) is 11.9. The molecule has 98 valence electrons. The number of benzene rings is 1. The zero-order chi connectivity index (χ0) is 13.5. The SMILES string of the molecule is C=CCN(CCO)C(=O)Nc1ccc(Br)c(C)c1. The summed E-state index contributed by atoms with van der Waals surface area (Å²) < 4.78 is 0.999. The number of carbonyl (C=O) groups is 1. The van der Waals surface area contributed by atoms with E-state index >= 15 is 0 Å². The zero-order valence-electron chi connectivity index (χ0n) is 10.3. The highest BCUT2D eigenvalue weighted by molar-refractivity contribution is 9.10. The maximum absolute atomic E-state index is 11.9. The van der Waals surface area contributed by atoms with Gasteiger partial charge in [-0.1, -0.05) is 22.0 Å². The molecule has 1 aromatic carbocycles. The molecule has 0 aliphatic carbocycles. The van der Waals surface area contributed by atoms with Gasteiger partial charge in [-0.2, -0.15) is 0 Å². The van der Waals surface area contributed by atoms with Gasteiger partial charge in [0.2, 0.25) is 0 Å². The molecule has 0 saturated carbocycles. The molecule has 0 unspecified atom stereocenters. The number of nitrogens with zero attached hydrogens (tertiary/aromatic N) is 1. The number of aryl methyl sites for hydroxylation is 1. The summed E-state index contributed by atoms with van der Waals surface area (Å²) >= 11 is 3.40. The van der Waals surface area contributed by atoms with Gasteiger partial charge in [-0.3, -0.25) is 0 Å². The van der Waals surface area contributed by atoms with Crippen LogP contribution in [0.1, 0.15) is 5.56 Å². The third-order valence-corrected chi connectivity index (χ3v) is 3.31. The molecule has 0 aliphatic heterocycles. The lowest BCUT2D eigenvalue weighted by molar-refractivity contribution is 0.195. The molecule has 0 fully saturated rings. The van der Waals surface area contributed by atoms with Crippen LogP contribution in [0.5, 0.6) is 0 Å². The fourth-order valence-electron chi connectivity index (χ4n) is 1.48. The van der Waals surface area contributed by atoms with Crippen molar-refractivity contribution >= 4 is 27.6 Å². The third-order valence-electron chi connectivity index (χ3n) is 2.42. The van der Waals surface area contributed by atoms with Crippen molar-refractivity contribution in [2.45, 2.75) is 6.92 Å². The summed E-state index contributed by atoms with van der Waals surface area (Å²) in [6.07, 6.45) is 1.63. The van der Waals surface area contributed by atoms with Crippen molar-refractivity contribution in [3.8, 4) is 0 Å². The van der Waals surface area contributed by atoms with Crippen molar-refractivity contribution in [1.82, 2.24) is 4.90 Å². The molecule has 0 atom stereocenters. The van der Waals surface area contributed by atoms with E-state index < -0.39 is 0 Å². The Labute approximate surface area is 115 Å². The standard InChI is InChI=1S/C13H17BrN2O2/c1-3-6-16(7-8-17)13(18)15-11-4-5-12(14)10(2)9-11/h3-5,9,17H,1,6-8H2,2H3,(H,15,18). The van der Waals surface area contributed by atoms with Gasteiger partial charge in [0, 0.05) is 23.2 Å². The number of halogens is 1. The molecule has 1 rings (SSSR count). The molecule has 0 aliphatic rings. The van der Waals surface area contributed by atoms with E-state index in [1.54, 1.807) is 6.08 Å². The van der Waals surface area contributed by atoms with Crippen molar-refractivity contribution in [2.24, 2.45) is 0 Å². The minimum Gasteiger partial charge on any atom is -0.395 e. The van der Waals surface area contributed by atoms with Crippen LogP contribution in [-0.2, 0) is 0 Å². The van der Waals surface area contributed by atoms with Crippen molar-refractivity contribution in [1.29, 1.82) is 0 Å². The lowest BCUT2D eigenvalue weighted by Gasteiger charge is -2.20. The van der Waals surface area contributed by atoms with E-state index in [1.165, 1.54) is 4.90 Å². The second kappa shape index (κ2) is 7.18. The van der Waals surface area contributed by atoms with Gasteiger partial charge in [0.25, 0.3) is 0 Å². The van der Waals surface area contributed by atoms with Crippen molar-refractivity contribution in [3.05, 3.63) is 40.9 Å². The Morgan fingerprint density at radius 2 is 2.33 bits per heavy atom. The molecule has 18 heavy (non-hydrogen) atoms. The molecule has 0 radical (unpaired) electrons. The highest BCUT2D eigenvalue weighted by Crippen LogP contribution is 2.20. The summed E-state index contributed by atoms with van der Waals surface area (Å²) in [6.45, 7) is 6.16. The first-order valence-corrected chi connectivity index (χ1v) is 6.41. The molecular formula is C13H17BrN2O2. The number of hydrogen-bond acceptors (Lipinski definition) is 2. The Hall–Kier alpha value is -1.33. The number of urea groups is 1. The van der Waals surface area contributed by atoms with E-state index in [-0.39, 0.29) is 19.2 Å². The van der Waals surface area contributed by atoms with E-state index in [0.29, 0.717) is 6.54 Å². The lowest BCUT2D eigenvalue weighted by Crippen LogP contribution is -2.37. The fraction of sp³-hybridized carbons (Fsp3) is 0.308. The first-order chi connectivity index (χ1) is 8.58. The van der Waals surface area contributed by atoms with Gasteiger partial charge in [0.15, 0.2) is 0 Å². The molecule has 0 spiro atoms. The van der Waals surface area contributed by atoms with Crippen LogP contribution in [0.15, 0.2) is 35.3 Å². The van der Waals surface area contributed by atoms with Crippen molar-refractivity contribution in [3.63, 3.8) is 0 Å². The predicted molar refractivity (Wildman–Crippen MR) is 76.8 cm³/mol. The number of aliphatic hydroxyl groups excluding tert-OH is 1. The van der Waals surface area contributed by atoms with Crippen LogP contribution in [0.2, 0.25) is 0 Å². The number of rotatable bonds is 5. The van der Waals surface area contributed by atoms with Gasteiger partial charge in [-0.15, -0.1) is 6.58 Å². The molecule has 5 heteroatoms.